The zero-order chi connectivity index (χ0) is 14.4. The predicted octanol–water partition coefficient (Wildman–Crippen LogP) is 2.71. The molecule has 0 bridgehead atoms. The van der Waals surface area contributed by atoms with E-state index in [1.54, 1.807) is 18.2 Å². The Labute approximate surface area is 117 Å². The number of nitrogens with zero attached hydrogens (tertiary/aromatic N) is 1. The highest BCUT2D eigenvalue weighted by Crippen LogP contribution is 2.18. The van der Waals surface area contributed by atoms with Crippen LogP contribution >= 0.6 is 0 Å². The number of nitriles is 1. The zero-order valence-electron chi connectivity index (χ0n) is 11.0. The van der Waals surface area contributed by atoms with Gasteiger partial charge in [-0.2, -0.15) is 5.26 Å². The van der Waals surface area contributed by atoms with Crippen LogP contribution in [0.25, 0.3) is 0 Å². The van der Waals surface area contributed by atoms with Gasteiger partial charge in [0, 0.05) is 12.1 Å². The van der Waals surface area contributed by atoms with Crippen LogP contribution in [0.3, 0.4) is 0 Å². The van der Waals surface area contributed by atoms with E-state index in [-0.39, 0.29) is 5.91 Å². The molecule has 0 heterocycles. The molecule has 100 valence electrons. The monoisotopic (exact) mass is 265 g/mol. The summed E-state index contributed by atoms with van der Waals surface area (Å²) in [7, 11) is 0. The Hall–Kier alpha value is -2.80. The largest absolute Gasteiger partial charge is 0.399 e. The van der Waals surface area contributed by atoms with Crippen LogP contribution in [0, 0.1) is 11.3 Å². The first kappa shape index (κ1) is 13.6. The number of carbonyl (C=O) groups is 1. The minimum absolute atomic E-state index is 0.116. The van der Waals surface area contributed by atoms with E-state index >= 15 is 0 Å². The van der Waals surface area contributed by atoms with Crippen molar-refractivity contribution < 1.29 is 4.79 Å². The molecule has 0 aliphatic rings. The number of nitrogens with two attached hydrogens (primary N) is 1. The van der Waals surface area contributed by atoms with Gasteiger partial charge in [-0.05, 0) is 30.2 Å². The van der Waals surface area contributed by atoms with Crippen LogP contribution < -0.4 is 11.1 Å². The third-order valence-electron chi connectivity index (χ3n) is 2.92. The second kappa shape index (κ2) is 6.39. The van der Waals surface area contributed by atoms with Crippen LogP contribution in [0.15, 0.2) is 48.5 Å². The Morgan fingerprint density at radius 2 is 1.95 bits per heavy atom. The van der Waals surface area contributed by atoms with Crippen molar-refractivity contribution in [2.45, 2.75) is 12.8 Å². The molecule has 2 aromatic carbocycles. The molecule has 0 radical (unpaired) electrons. The molecule has 0 saturated heterocycles. The Morgan fingerprint density at radius 3 is 2.65 bits per heavy atom. The van der Waals surface area contributed by atoms with Crippen LogP contribution in [-0.4, -0.2) is 5.91 Å². The van der Waals surface area contributed by atoms with Crippen molar-refractivity contribution >= 4 is 17.3 Å². The predicted molar refractivity (Wildman–Crippen MR) is 79.0 cm³/mol. The molecule has 0 aliphatic carbocycles. The highest BCUT2D eigenvalue weighted by atomic mass is 16.1. The number of hydrogen-bond donors (Lipinski definition) is 2. The van der Waals surface area contributed by atoms with Gasteiger partial charge < -0.3 is 11.1 Å². The maximum Gasteiger partial charge on any atom is 0.224 e. The van der Waals surface area contributed by atoms with Gasteiger partial charge in [0.05, 0.1) is 11.3 Å². The number of nitrogens with one attached hydrogen (secondary N) is 1. The van der Waals surface area contributed by atoms with Crippen molar-refractivity contribution in [3.63, 3.8) is 0 Å². The van der Waals surface area contributed by atoms with Gasteiger partial charge in [-0.15, -0.1) is 0 Å². The topological polar surface area (TPSA) is 78.9 Å². The second-order valence-corrected chi connectivity index (χ2v) is 4.45. The van der Waals surface area contributed by atoms with Gasteiger partial charge in [-0.3, -0.25) is 4.79 Å². The van der Waals surface area contributed by atoms with E-state index in [0.29, 0.717) is 29.8 Å². The molecular formula is C16H15N3O. The normalized spacial score (nSPS) is 9.75. The highest BCUT2D eigenvalue weighted by molar-refractivity contribution is 5.92. The van der Waals surface area contributed by atoms with Gasteiger partial charge in [0.25, 0.3) is 0 Å². The number of anilines is 2. The number of amides is 1. The van der Waals surface area contributed by atoms with Crippen molar-refractivity contribution in [3.05, 3.63) is 59.7 Å². The fourth-order valence-electron chi connectivity index (χ4n) is 1.88. The lowest BCUT2D eigenvalue weighted by Gasteiger charge is -2.07. The van der Waals surface area contributed by atoms with Gasteiger partial charge in [0.2, 0.25) is 5.91 Å². The summed E-state index contributed by atoms with van der Waals surface area (Å²) in [6.45, 7) is 0. The number of aryl methyl sites for hydroxylation is 1. The maximum atomic E-state index is 11.9. The van der Waals surface area contributed by atoms with Gasteiger partial charge in [0.15, 0.2) is 0 Å². The zero-order valence-corrected chi connectivity index (χ0v) is 11.0. The van der Waals surface area contributed by atoms with E-state index in [9.17, 15) is 4.79 Å². The molecule has 0 aromatic heterocycles. The van der Waals surface area contributed by atoms with E-state index in [1.807, 2.05) is 36.4 Å². The second-order valence-electron chi connectivity index (χ2n) is 4.45. The van der Waals surface area contributed by atoms with Crippen LogP contribution in [0.5, 0.6) is 0 Å². The number of nitrogen functional groups attached to an aromatic ring is 1. The summed E-state index contributed by atoms with van der Waals surface area (Å²) in [4.78, 5) is 11.9. The number of benzene rings is 2. The van der Waals surface area contributed by atoms with Gasteiger partial charge in [0.1, 0.15) is 6.07 Å². The Kier molecular flexibility index (Phi) is 4.35. The van der Waals surface area contributed by atoms with Crippen molar-refractivity contribution in [1.29, 1.82) is 5.26 Å². The minimum Gasteiger partial charge on any atom is -0.399 e. The highest BCUT2D eigenvalue weighted by Gasteiger charge is 2.07. The quantitative estimate of drug-likeness (QED) is 0.834. The number of rotatable bonds is 4. The molecule has 0 spiro atoms. The van der Waals surface area contributed by atoms with Crippen LogP contribution in [0.4, 0.5) is 11.4 Å². The van der Waals surface area contributed by atoms with Crippen LogP contribution in [0.1, 0.15) is 17.5 Å². The molecule has 4 nitrogen and oxygen atoms in total. The standard InChI is InChI=1S/C16H15N3O/c17-11-13-10-14(18)7-8-15(13)19-16(20)9-6-12-4-2-1-3-5-12/h1-5,7-8,10H,6,9,18H2,(H,19,20). The molecule has 2 aromatic rings. The minimum atomic E-state index is -0.116. The molecule has 2 rings (SSSR count). The molecule has 1 amide bonds. The molecular weight excluding hydrogens is 250 g/mol. The Bertz CT molecular complexity index is 645. The van der Waals surface area contributed by atoms with E-state index in [2.05, 4.69) is 5.32 Å². The van der Waals surface area contributed by atoms with Crippen LogP contribution in [0.2, 0.25) is 0 Å². The van der Waals surface area contributed by atoms with E-state index < -0.39 is 0 Å². The third-order valence-corrected chi connectivity index (χ3v) is 2.92. The van der Waals surface area contributed by atoms with Crippen molar-refractivity contribution in [1.82, 2.24) is 0 Å². The first-order valence-electron chi connectivity index (χ1n) is 6.32. The Balaban J connectivity index is 1.97. The average Bonchev–Trinajstić information content (AvgIpc) is 2.48. The van der Waals surface area contributed by atoms with E-state index in [4.69, 9.17) is 11.0 Å². The smallest absolute Gasteiger partial charge is 0.224 e. The summed E-state index contributed by atoms with van der Waals surface area (Å²) in [6.07, 6.45) is 1.04. The average molecular weight is 265 g/mol. The molecule has 0 unspecified atom stereocenters. The van der Waals surface area contributed by atoms with E-state index in [1.165, 1.54) is 0 Å². The summed E-state index contributed by atoms with van der Waals surface area (Å²) in [5, 5.41) is 11.7. The summed E-state index contributed by atoms with van der Waals surface area (Å²) in [5.41, 5.74) is 8.09. The third kappa shape index (κ3) is 3.59. The van der Waals surface area contributed by atoms with Crippen LogP contribution in [-0.2, 0) is 11.2 Å². The first-order valence-corrected chi connectivity index (χ1v) is 6.32. The molecule has 0 aliphatic heterocycles. The molecule has 3 N–H and O–H groups in total. The van der Waals surface area contributed by atoms with Crippen molar-refractivity contribution in [3.8, 4) is 6.07 Å². The summed E-state index contributed by atoms with van der Waals surface area (Å²) in [5.74, 6) is -0.116. The Morgan fingerprint density at radius 1 is 1.20 bits per heavy atom. The van der Waals surface area contributed by atoms with Crippen molar-refractivity contribution in [2.24, 2.45) is 0 Å². The summed E-state index contributed by atoms with van der Waals surface area (Å²) >= 11 is 0. The fraction of sp³-hybridized carbons (Fsp3) is 0.125. The van der Waals surface area contributed by atoms with Gasteiger partial charge >= 0.3 is 0 Å². The molecule has 20 heavy (non-hydrogen) atoms. The lowest BCUT2D eigenvalue weighted by atomic mass is 10.1. The lowest BCUT2D eigenvalue weighted by molar-refractivity contribution is -0.116. The number of hydrogen-bond acceptors (Lipinski definition) is 3. The maximum absolute atomic E-state index is 11.9. The summed E-state index contributed by atoms with van der Waals surface area (Å²) < 4.78 is 0. The van der Waals surface area contributed by atoms with Crippen molar-refractivity contribution in [2.75, 3.05) is 11.1 Å². The lowest BCUT2D eigenvalue weighted by Crippen LogP contribution is -2.13. The summed E-state index contributed by atoms with van der Waals surface area (Å²) in [6, 6.07) is 16.7. The number of carbonyl (C=O) groups excluding carboxylic acids is 1. The molecule has 4 heteroatoms. The first-order chi connectivity index (χ1) is 9.69. The fourth-order valence-corrected chi connectivity index (χ4v) is 1.88. The van der Waals surface area contributed by atoms with Gasteiger partial charge in [-0.1, -0.05) is 30.3 Å². The molecule has 0 saturated carbocycles. The van der Waals surface area contributed by atoms with Gasteiger partial charge in [-0.25, -0.2) is 0 Å². The molecule has 0 fully saturated rings. The van der Waals surface area contributed by atoms with E-state index in [0.717, 1.165) is 5.56 Å². The SMILES string of the molecule is N#Cc1cc(N)ccc1NC(=O)CCc1ccccc1. The molecule has 0 atom stereocenters.